The standard InChI is InChI=1S/C20H31NO9/c1-6-7-8-9-10-27-20-17(21-12(2)22)19(29-14(4)24)18(28-13(3)23)15(30-20)11-16(25)26-5/h6,15,17-20H,1,7-11H2,2-5H3,(H,21,22). The van der Waals surface area contributed by atoms with Crippen LogP contribution in [0, 0.1) is 0 Å². The lowest BCUT2D eigenvalue weighted by molar-refractivity contribution is -0.272. The topological polar surface area (TPSA) is 126 Å². The Morgan fingerprint density at radius 3 is 2.20 bits per heavy atom. The molecule has 10 nitrogen and oxygen atoms in total. The molecule has 1 amide bonds. The van der Waals surface area contributed by atoms with Crippen LogP contribution in [0.5, 0.6) is 0 Å². The predicted octanol–water partition coefficient (Wildman–Crippen LogP) is 1.02. The number of carbonyl (C=O) groups is 4. The van der Waals surface area contributed by atoms with Gasteiger partial charge in [-0.2, -0.15) is 0 Å². The van der Waals surface area contributed by atoms with E-state index in [4.69, 9.17) is 18.9 Å². The smallest absolute Gasteiger partial charge is 0.308 e. The number of esters is 3. The van der Waals surface area contributed by atoms with E-state index in [1.165, 1.54) is 27.9 Å². The molecule has 30 heavy (non-hydrogen) atoms. The van der Waals surface area contributed by atoms with E-state index < -0.39 is 54.5 Å². The number of hydrogen-bond acceptors (Lipinski definition) is 9. The molecule has 1 rings (SSSR count). The van der Waals surface area contributed by atoms with Crippen LogP contribution in [-0.2, 0) is 42.9 Å². The molecule has 0 saturated carbocycles. The summed E-state index contributed by atoms with van der Waals surface area (Å²) in [5, 5.41) is 2.64. The van der Waals surface area contributed by atoms with Gasteiger partial charge in [-0.1, -0.05) is 6.08 Å². The molecule has 1 N–H and O–H groups in total. The monoisotopic (exact) mass is 429 g/mol. The highest BCUT2D eigenvalue weighted by Crippen LogP contribution is 2.29. The zero-order valence-electron chi connectivity index (χ0n) is 17.9. The van der Waals surface area contributed by atoms with Gasteiger partial charge in [-0.25, -0.2) is 0 Å². The van der Waals surface area contributed by atoms with Crippen molar-refractivity contribution in [2.75, 3.05) is 13.7 Å². The Balaban J connectivity index is 3.17. The second kappa shape index (κ2) is 13.0. The molecule has 1 fully saturated rings. The summed E-state index contributed by atoms with van der Waals surface area (Å²) >= 11 is 0. The van der Waals surface area contributed by atoms with E-state index in [1.807, 2.05) is 0 Å². The lowest BCUT2D eigenvalue weighted by Gasteiger charge is -2.45. The number of hydrogen-bond donors (Lipinski definition) is 1. The molecule has 1 heterocycles. The fraction of sp³-hybridized carbons (Fsp3) is 0.700. The highest BCUT2D eigenvalue weighted by Gasteiger charge is 2.51. The van der Waals surface area contributed by atoms with Crippen LogP contribution in [-0.4, -0.2) is 68.2 Å². The lowest BCUT2D eigenvalue weighted by Crippen LogP contribution is -2.66. The molecule has 170 valence electrons. The number of allylic oxidation sites excluding steroid dienone is 1. The molecule has 0 aromatic heterocycles. The van der Waals surface area contributed by atoms with E-state index in [9.17, 15) is 19.2 Å². The fourth-order valence-corrected chi connectivity index (χ4v) is 3.10. The van der Waals surface area contributed by atoms with E-state index in [0.29, 0.717) is 13.0 Å². The van der Waals surface area contributed by atoms with Crippen molar-refractivity contribution in [3.63, 3.8) is 0 Å². The Morgan fingerprint density at radius 2 is 1.67 bits per heavy atom. The number of amides is 1. The number of methoxy groups -OCH3 is 1. The van der Waals surface area contributed by atoms with E-state index in [0.717, 1.165) is 12.8 Å². The van der Waals surface area contributed by atoms with Gasteiger partial charge in [-0.15, -0.1) is 6.58 Å². The SMILES string of the molecule is C=CCCCCOC1OC(CC(=O)OC)C(OC(C)=O)C(OC(C)=O)C1NC(C)=O. The van der Waals surface area contributed by atoms with Crippen molar-refractivity contribution in [2.45, 2.75) is 77.1 Å². The van der Waals surface area contributed by atoms with Gasteiger partial charge in [0, 0.05) is 27.4 Å². The molecule has 1 aliphatic heterocycles. The Bertz CT molecular complexity index is 621. The predicted molar refractivity (Wildman–Crippen MR) is 104 cm³/mol. The zero-order valence-corrected chi connectivity index (χ0v) is 17.9. The first-order valence-electron chi connectivity index (χ1n) is 9.75. The van der Waals surface area contributed by atoms with E-state index in [-0.39, 0.29) is 6.42 Å². The molecular weight excluding hydrogens is 398 g/mol. The van der Waals surface area contributed by atoms with Crippen LogP contribution in [0.15, 0.2) is 12.7 Å². The molecule has 1 saturated heterocycles. The molecule has 0 spiro atoms. The van der Waals surface area contributed by atoms with Crippen molar-refractivity contribution >= 4 is 23.8 Å². The maximum absolute atomic E-state index is 11.9. The molecule has 5 atom stereocenters. The van der Waals surface area contributed by atoms with Gasteiger partial charge in [0.1, 0.15) is 12.1 Å². The van der Waals surface area contributed by atoms with Crippen LogP contribution in [0.4, 0.5) is 0 Å². The summed E-state index contributed by atoms with van der Waals surface area (Å²) in [4.78, 5) is 47.1. The van der Waals surface area contributed by atoms with Crippen LogP contribution in [0.2, 0.25) is 0 Å². The van der Waals surface area contributed by atoms with Crippen LogP contribution in [0.1, 0.15) is 46.5 Å². The van der Waals surface area contributed by atoms with Crippen molar-refractivity contribution < 1.29 is 42.9 Å². The Hall–Kier alpha value is -2.46. The van der Waals surface area contributed by atoms with Gasteiger partial charge in [0.05, 0.1) is 13.5 Å². The largest absolute Gasteiger partial charge is 0.469 e. The van der Waals surface area contributed by atoms with Crippen LogP contribution >= 0.6 is 0 Å². The van der Waals surface area contributed by atoms with Crippen molar-refractivity contribution in [1.29, 1.82) is 0 Å². The maximum Gasteiger partial charge on any atom is 0.308 e. The van der Waals surface area contributed by atoms with Crippen LogP contribution < -0.4 is 5.32 Å². The second-order valence-electron chi connectivity index (χ2n) is 6.85. The molecule has 0 radical (unpaired) electrons. The number of unbranched alkanes of at least 4 members (excludes halogenated alkanes) is 2. The number of ether oxygens (including phenoxy) is 5. The summed E-state index contributed by atoms with van der Waals surface area (Å²) in [6, 6.07) is -0.955. The first-order chi connectivity index (χ1) is 14.2. The summed E-state index contributed by atoms with van der Waals surface area (Å²) in [5.41, 5.74) is 0. The molecule has 10 heteroatoms. The zero-order chi connectivity index (χ0) is 22.7. The lowest BCUT2D eigenvalue weighted by atomic mass is 9.94. The highest BCUT2D eigenvalue weighted by atomic mass is 16.7. The van der Waals surface area contributed by atoms with Gasteiger partial charge in [-0.3, -0.25) is 19.2 Å². The van der Waals surface area contributed by atoms with E-state index in [1.54, 1.807) is 6.08 Å². The third kappa shape index (κ3) is 8.50. The van der Waals surface area contributed by atoms with Crippen LogP contribution in [0.3, 0.4) is 0 Å². The maximum atomic E-state index is 11.9. The van der Waals surface area contributed by atoms with Crippen molar-refractivity contribution in [2.24, 2.45) is 0 Å². The van der Waals surface area contributed by atoms with Gasteiger partial charge in [-0.05, 0) is 19.3 Å². The minimum Gasteiger partial charge on any atom is -0.469 e. The second-order valence-corrected chi connectivity index (χ2v) is 6.85. The Kier molecular flexibility index (Phi) is 11.1. The van der Waals surface area contributed by atoms with E-state index >= 15 is 0 Å². The average Bonchev–Trinajstić information content (AvgIpc) is 2.65. The van der Waals surface area contributed by atoms with Crippen LogP contribution in [0.25, 0.3) is 0 Å². The third-order valence-corrected chi connectivity index (χ3v) is 4.30. The molecule has 0 bridgehead atoms. The minimum atomic E-state index is -1.15. The number of rotatable bonds is 11. The van der Waals surface area contributed by atoms with Gasteiger partial charge >= 0.3 is 17.9 Å². The minimum absolute atomic E-state index is 0.269. The van der Waals surface area contributed by atoms with Gasteiger partial charge in [0.25, 0.3) is 0 Å². The van der Waals surface area contributed by atoms with Gasteiger partial charge in [0.15, 0.2) is 18.5 Å². The molecule has 5 unspecified atom stereocenters. The van der Waals surface area contributed by atoms with Crippen molar-refractivity contribution in [3.05, 3.63) is 12.7 Å². The Morgan fingerprint density at radius 1 is 1.03 bits per heavy atom. The average molecular weight is 429 g/mol. The number of carbonyl (C=O) groups excluding carboxylic acids is 4. The molecule has 0 aliphatic carbocycles. The summed E-state index contributed by atoms with van der Waals surface area (Å²) < 4.78 is 27.1. The first kappa shape index (κ1) is 25.6. The fourth-order valence-electron chi connectivity index (χ4n) is 3.10. The van der Waals surface area contributed by atoms with Crippen molar-refractivity contribution in [1.82, 2.24) is 5.32 Å². The summed E-state index contributed by atoms with van der Waals surface area (Å²) in [6.45, 7) is 7.60. The quantitative estimate of drug-likeness (QED) is 0.222. The number of nitrogens with one attached hydrogen (secondary N) is 1. The van der Waals surface area contributed by atoms with Gasteiger partial charge < -0.3 is 29.0 Å². The normalized spacial score (nSPS) is 25.7. The van der Waals surface area contributed by atoms with Gasteiger partial charge in [0.2, 0.25) is 5.91 Å². The molecule has 0 aromatic rings. The van der Waals surface area contributed by atoms with Crippen molar-refractivity contribution in [3.8, 4) is 0 Å². The summed E-state index contributed by atoms with van der Waals surface area (Å²) in [5.74, 6) is -2.35. The third-order valence-electron chi connectivity index (χ3n) is 4.30. The highest BCUT2D eigenvalue weighted by molar-refractivity contribution is 5.74. The summed E-state index contributed by atoms with van der Waals surface area (Å²) in [6.07, 6.45) is -0.432. The first-order valence-corrected chi connectivity index (χ1v) is 9.75. The molecule has 1 aliphatic rings. The molecule has 0 aromatic carbocycles. The molecular formula is C20H31NO9. The van der Waals surface area contributed by atoms with E-state index in [2.05, 4.69) is 16.6 Å². The Labute approximate surface area is 176 Å². The summed E-state index contributed by atoms with van der Waals surface area (Å²) in [7, 11) is 1.21.